The van der Waals surface area contributed by atoms with Crippen LogP contribution in [0, 0.1) is 0 Å². The second-order valence-corrected chi connectivity index (χ2v) is 11.9. The van der Waals surface area contributed by atoms with Gasteiger partial charge in [-0.15, -0.1) is 0 Å². The minimum atomic E-state index is -3.59. The van der Waals surface area contributed by atoms with E-state index in [0.717, 1.165) is 12.7 Å². The van der Waals surface area contributed by atoms with Gasteiger partial charge in [-0.2, -0.15) is 0 Å². The number of methoxy groups -OCH3 is 1. The topological polar surface area (TPSA) is 96.0 Å². The fraction of sp³-hybridized carbons (Fsp3) is 0.481. The summed E-state index contributed by atoms with van der Waals surface area (Å²) >= 11 is 12.4. The van der Waals surface area contributed by atoms with Gasteiger partial charge in [0.1, 0.15) is 11.8 Å². The molecule has 0 saturated carbocycles. The number of nitrogens with zero attached hydrogens (tertiary/aromatic N) is 2. The molecule has 0 bridgehead atoms. The molecule has 0 aliphatic carbocycles. The molecule has 2 atom stereocenters. The first kappa shape index (κ1) is 31.7. The molecule has 0 spiro atoms. The number of carbonyl (C=O) groups is 2. The Labute approximate surface area is 236 Å². The van der Waals surface area contributed by atoms with Gasteiger partial charge in [0.2, 0.25) is 21.8 Å². The van der Waals surface area contributed by atoms with E-state index in [1.54, 1.807) is 42.5 Å². The van der Waals surface area contributed by atoms with Crippen LogP contribution in [0.3, 0.4) is 0 Å². The van der Waals surface area contributed by atoms with Crippen LogP contribution in [0.2, 0.25) is 10.0 Å². The molecule has 2 rings (SSSR count). The van der Waals surface area contributed by atoms with E-state index in [0.29, 0.717) is 33.5 Å². The van der Waals surface area contributed by atoms with Gasteiger partial charge in [-0.3, -0.25) is 13.9 Å². The number of sulfonamides is 1. The van der Waals surface area contributed by atoms with Crippen LogP contribution in [-0.4, -0.2) is 57.1 Å². The third-order valence-corrected chi connectivity index (χ3v) is 8.04. The van der Waals surface area contributed by atoms with Crippen LogP contribution in [0.25, 0.3) is 0 Å². The van der Waals surface area contributed by atoms with Gasteiger partial charge >= 0.3 is 0 Å². The van der Waals surface area contributed by atoms with Crippen molar-refractivity contribution in [2.24, 2.45) is 0 Å². The van der Waals surface area contributed by atoms with Crippen LogP contribution in [0.15, 0.2) is 42.5 Å². The highest BCUT2D eigenvalue weighted by molar-refractivity contribution is 7.92. The van der Waals surface area contributed by atoms with Crippen molar-refractivity contribution in [2.45, 2.75) is 65.1 Å². The molecule has 11 heteroatoms. The molecule has 2 aromatic rings. The minimum Gasteiger partial charge on any atom is -0.497 e. The summed E-state index contributed by atoms with van der Waals surface area (Å²) in [7, 11) is -2.06. The SMILES string of the molecule is CC[C@H](C)NC(=O)[C@H](CC)N(Cc1ccc(Cl)cc1Cl)C(=O)CCCN(c1ccc(OC)cc1)S(C)(=O)=O. The van der Waals surface area contributed by atoms with Crippen molar-refractivity contribution in [3.8, 4) is 5.75 Å². The number of nitrogens with one attached hydrogen (secondary N) is 1. The zero-order valence-electron chi connectivity index (χ0n) is 22.5. The lowest BCUT2D eigenvalue weighted by Crippen LogP contribution is -2.50. The fourth-order valence-corrected chi connectivity index (χ4v) is 5.38. The molecule has 8 nitrogen and oxygen atoms in total. The average molecular weight is 587 g/mol. The second-order valence-electron chi connectivity index (χ2n) is 9.14. The number of benzene rings is 2. The van der Waals surface area contributed by atoms with E-state index in [2.05, 4.69) is 5.32 Å². The Morgan fingerprint density at radius 2 is 1.71 bits per heavy atom. The normalized spacial score (nSPS) is 12.9. The maximum Gasteiger partial charge on any atom is 0.243 e. The molecule has 2 amide bonds. The third kappa shape index (κ3) is 9.06. The van der Waals surface area contributed by atoms with Gasteiger partial charge in [-0.25, -0.2) is 8.42 Å². The number of carbonyl (C=O) groups excluding carboxylic acids is 2. The van der Waals surface area contributed by atoms with Crippen molar-refractivity contribution < 1.29 is 22.7 Å². The molecular weight excluding hydrogens is 549 g/mol. The number of hydrogen-bond acceptors (Lipinski definition) is 5. The zero-order valence-corrected chi connectivity index (χ0v) is 24.9. The van der Waals surface area contributed by atoms with Crippen molar-refractivity contribution in [3.63, 3.8) is 0 Å². The highest BCUT2D eigenvalue weighted by Gasteiger charge is 2.30. The zero-order chi connectivity index (χ0) is 28.5. The van der Waals surface area contributed by atoms with Crippen LogP contribution in [0.4, 0.5) is 5.69 Å². The van der Waals surface area contributed by atoms with Crippen molar-refractivity contribution in [1.29, 1.82) is 0 Å². The van der Waals surface area contributed by atoms with Gasteiger partial charge in [0.05, 0.1) is 19.1 Å². The molecule has 210 valence electrons. The van der Waals surface area contributed by atoms with Gasteiger partial charge in [0.15, 0.2) is 0 Å². The summed E-state index contributed by atoms with van der Waals surface area (Å²) < 4.78 is 31.4. The average Bonchev–Trinajstić information content (AvgIpc) is 2.86. The molecule has 0 saturated heterocycles. The molecule has 0 aliphatic heterocycles. The second kappa shape index (κ2) is 14.6. The number of halogens is 2. The summed E-state index contributed by atoms with van der Waals surface area (Å²) in [5.41, 5.74) is 1.14. The first-order valence-corrected chi connectivity index (χ1v) is 15.2. The predicted octanol–water partition coefficient (Wildman–Crippen LogP) is 5.27. The maximum atomic E-state index is 13.5. The third-order valence-electron chi connectivity index (χ3n) is 6.26. The van der Waals surface area contributed by atoms with E-state index in [1.807, 2.05) is 20.8 Å². The van der Waals surface area contributed by atoms with Crippen LogP contribution in [-0.2, 0) is 26.2 Å². The molecule has 38 heavy (non-hydrogen) atoms. The lowest BCUT2D eigenvalue weighted by Gasteiger charge is -2.32. The number of hydrogen-bond donors (Lipinski definition) is 1. The Bertz CT molecular complexity index is 1190. The van der Waals surface area contributed by atoms with E-state index in [4.69, 9.17) is 27.9 Å². The van der Waals surface area contributed by atoms with Crippen LogP contribution in [0.5, 0.6) is 5.75 Å². The Kier molecular flexibility index (Phi) is 12.2. The largest absolute Gasteiger partial charge is 0.497 e. The van der Waals surface area contributed by atoms with Gasteiger partial charge in [-0.1, -0.05) is 43.1 Å². The first-order chi connectivity index (χ1) is 17.9. The van der Waals surface area contributed by atoms with Crippen molar-refractivity contribution in [1.82, 2.24) is 10.2 Å². The summed E-state index contributed by atoms with van der Waals surface area (Å²) in [5.74, 6) is 0.0942. The van der Waals surface area contributed by atoms with E-state index in [1.165, 1.54) is 16.3 Å². The van der Waals surface area contributed by atoms with Crippen LogP contribution < -0.4 is 14.4 Å². The molecule has 0 fully saturated rings. The van der Waals surface area contributed by atoms with Crippen LogP contribution in [0.1, 0.15) is 52.0 Å². The molecule has 0 aromatic heterocycles. The van der Waals surface area contributed by atoms with Crippen LogP contribution >= 0.6 is 23.2 Å². The van der Waals surface area contributed by atoms with Gasteiger partial charge in [0.25, 0.3) is 0 Å². The number of rotatable bonds is 14. The van der Waals surface area contributed by atoms with Crippen molar-refractivity contribution in [3.05, 3.63) is 58.1 Å². The molecule has 0 radical (unpaired) electrons. The Morgan fingerprint density at radius 3 is 2.24 bits per heavy atom. The fourth-order valence-electron chi connectivity index (χ4n) is 3.95. The summed E-state index contributed by atoms with van der Waals surface area (Å²) in [6.07, 6.45) is 2.58. The van der Waals surface area contributed by atoms with E-state index < -0.39 is 16.1 Å². The summed E-state index contributed by atoms with van der Waals surface area (Å²) in [6.45, 7) is 5.95. The van der Waals surface area contributed by atoms with E-state index >= 15 is 0 Å². The molecule has 1 N–H and O–H groups in total. The first-order valence-electron chi connectivity index (χ1n) is 12.6. The number of ether oxygens (including phenoxy) is 1. The lowest BCUT2D eigenvalue weighted by molar-refractivity contribution is -0.141. The quantitative estimate of drug-likeness (QED) is 0.326. The van der Waals surface area contributed by atoms with Gasteiger partial charge in [0, 0.05) is 35.6 Å². The summed E-state index contributed by atoms with van der Waals surface area (Å²) in [5, 5.41) is 3.83. The summed E-state index contributed by atoms with van der Waals surface area (Å²) in [6, 6.07) is 10.9. The summed E-state index contributed by atoms with van der Waals surface area (Å²) in [4.78, 5) is 28.2. The lowest BCUT2D eigenvalue weighted by atomic mass is 10.1. The van der Waals surface area contributed by atoms with Gasteiger partial charge in [-0.05, 0) is 68.1 Å². The number of amides is 2. The highest BCUT2D eigenvalue weighted by Crippen LogP contribution is 2.25. The van der Waals surface area contributed by atoms with Crippen molar-refractivity contribution >= 4 is 50.7 Å². The Balaban J connectivity index is 2.25. The standard InChI is InChI=1S/C27H37Cl2N3O5S/c1-6-19(3)30-27(34)25(7-2)31(18-20-10-11-21(28)17-24(20)29)26(33)9-8-16-32(38(5,35)36)22-12-14-23(37-4)15-13-22/h10-15,17,19,25H,6-9,16,18H2,1-5H3,(H,30,34)/t19-,25-/m0/s1. The molecule has 0 unspecified atom stereocenters. The maximum absolute atomic E-state index is 13.5. The predicted molar refractivity (Wildman–Crippen MR) is 153 cm³/mol. The van der Waals surface area contributed by atoms with Crippen molar-refractivity contribution in [2.75, 3.05) is 24.2 Å². The van der Waals surface area contributed by atoms with E-state index in [9.17, 15) is 18.0 Å². The van der Waals surface area contributed by atoms with Gasteiger partial charge < -0.3 is 15.0 Å². The molecule has 2 aromatic carbocycles. The monoisotopic (exact) mass is 585 g/mol. The molecule has 0 aliphatic rings. The smallest absolute Gasteiger partial charge is 0.243 e. The minimum absolute atomic E-state index is 0.0413. The molecule has 0 heterocycles. The Morgan fingerprint density at radius 1 is 1.05 bits per heavy atom. The highest BCUT2D eigenvalue weighted by atomic mass is 35.5. The molecular formula is C27H37Cl2N3O5S. The number of anilines is 1. The Hall–Kier alpha value is -2.49. The van der Waals surface area contributed by atoms with E-state index in [-0.39, 0.29) is 43.8 Å².